The van der Waals surface area contributed by atoms with Gasteiger partial charge in [-0.3, -0.25) is 29.5 Å². The van der Waals surface area contributed by atoms with Crippen molar-refractivity contribution < 1.29 is 28.4 Å². The molecule has 1 N–H and O–H groups in total. The summed E-state index contributed by atoms with van der Waals surface area (Å²) in [6.45, 7) is 2.54. The highest BCUT2D eigenvalue weighted by molar-refractivity contribution is 6.04. The summed E-state index contributed by atoms with van der Waals surface area (Å²) in [6.07, 6.45) is 0.809. The van der Waals surface area contributed by atoms with Crippen molar-refractivity contribution in [2.75, 3.05) is 11.9 Å². The average molecular weight is 430 g/mol. The van der Waals surface area contributed by atoms with E-state index in [9.17, 15) is 28.9 Å². The van der Waals surface area contributed by atoms with E-state index in [-0.39, 0.29) is 29.9 Å². The molecule has 162 valence electrons. The number of amides is 2. The van der Waals surface area contributed by atoms with Crippen LogP contribution in [0.4, 0.5) is 15.8 Å². The lowest BCUT2D eigenvalue weighted by atomic mass is 10.0. The molecule has 1 aliphatic rings. The Balaban J connectivity index is 1.96. The maximum absolute atomic E-state index is 15.0. The van der Waals surface area contributed by atoms with Crippen LogP contribution >= 0.6 is 0 Å². The number of ether oxygens (including phenoxy) is 1. The largest absolute Gasteiger partial charge is 0.461 e. The van der Waals surface area contributed by atoms with Gasteiger partial charge in [0.25, 0.3) is 11.6 Å². The molecule has 2 atom stereocenters. The van der Waals surface area contributed by atoms with Gasteiger partial charge in [-0.15, -0.1) is 0 Å². The smallest absolute Gasteiger partial charge is 0.302 e. The first-order chi connectivity index (χ1) is 14.7. The summed E-state index contributed by atoms with van der Waals surface area (Å²) in [5, 5.41) is 13.9. The maximum atomic E-state index is 15.0. The monoisotopic (exact) mass is 430 g/mol. The standard InChI is InChI=1S/C20H19FN4O6/c1-11(26)24-10-13(31-12(2)27)7-18(24)14-8-19(25(29)30)17(9-15(14)21)23-20(28)16-5-3-4-6-22-16/h3-6,8-9,13,18H,7,10H2,1-2H3,(H,23,28)/t13-,18+/m0/s1. The van der Waals surface area contributed by atoms with Crippen LogP contribution in [0.25, 0.3) is 0 Å². The van der Waals surface area contributed by atoms with E-state index in [0.717, 1.165) is 12.1 Å². The third-order valence-electron chi connectivity index (χ3n) is 4.82. The minimum atomic E-state index is -0.860. The van der Waals surface area contributed by atoms with Crippen molar-refractivity contribution in [1.82, 2.24) is 9.88 Å². The number of halogens is 1. The Morgan fingerprint density at radius 1 is 1.29 bits per heavy atom. The Labute approximate surface area is 176 Å². The van der Waals surface area contributed by atoms with Crippen molar-refractivity contribution in [2.45, 2.75) is 32.4 Å². The second kappa shape index (κ2) is 8.86. The van der Waals surface area contributed by atoms with E-state index >= 15 is 0 Å². The number of hydrogen-bond donors (Lipinski definition) is 1. The van der Waals surface area contributed by atoms with Gasteiger partial charge < -0.3 is 15.0 Å². The molecule has 2 aromatic rings. The summed E-state index contributed by atoms with van der Waals surface area (Å²) >= 11 is 0. The number of rotatable bonds is 5. The van der Waals surface area contributed by atoms with E-state index in [2.05, 4.69) is 10.3 Å². The molecule has 2 heterocycles. The predicted octanol–water partition coefficient (Wildman–Crippen LogP) is 2.61. The number of nitrogens with zero attached hydrogens (tertiary/aromatic N) is 3. The van der Waals surface area contributed by atoms with Crippen LogP contribution in [0.2, 0.25) is 0 Å². The third-order valence-corrected chi connectivity index (χ3v) is 4.82. The molecule has 1 aliphatic heterocycles. The second-order valence-corrected chi connectivity index (χ2v) is 6.97. The van der Waals surface area contributed by atoms with Crippen LogP contribution in [0, 0.1) is 15.9 Å². The van der Waals surface area contributed by atoms with Crippen molar-refractivity contribution in [3.05, 3.63) is 63.7 Å². The molecule has 0 aliphatic carbocycles. The molecule has 2 amide bonds. The van der Waals surface area contributed by atoms with Gasteiger partial charge in [0.1, 0.15) is 23.3 Å². The number of aromatic nitrogens is 1. The number of carbonyl (C=O) groups is 3. The first kappa shape index (κ1) is 21.8. The van der Waals surface area contributed by atoms with Crippen LogP contribution in [-0.4, -0.2) is 45.2 Å². The molecule has 0 saturated carbocycles. The van der Waals surface area contributed by atoms with Crippen LogP contribution < -0.4 is 5.32 Å². The quantitative estimate of drug-likeness (QED) is 0.438. The van der Waals surface area contributed by atoms with E-state index in [0.29, 0.717) is 0 Å². The van der Waals surface area contributed by atoms with Gasteiger partial charge in [-0.05, 0) is 12.1 Å². The van der Waals surface area contributed by atoms with Crippen molar-refractivity contribution >= 4 is 29.2 Å². The average Bonchev–Trinajstić information content (AvgIpc) is 3.11. The fraction of sp³-hybridized carbons (Fsp3) is 0.300. The van der Waals surface area contributed by atoms with Gasteiger partial charge >= 0.3 is 5.97 Å². The van der Waals surface area contributed by atoms with Gasteiger partial charge in [-0.2, -0.15) is 0 Å². The van der Waals surface area contributed by atoms with Crippen molar-refractivity contribution in [2.24, 2.45) is 0 Å². The van der Waals surface area contributed by atoms with Crippen molar-refractivity contribution in [3.8, 4) is 0 Å². The highest BCUT2D eigenvalue weighted by Crippen LogP contribution is 2.39. The van der Waals surface area contributed by atoms with Crippen LogP contribution in [0.5, 0.6) is 0 Å². The van der Waals surface area contributed by atoms with Gasteiger partial charge in [-0.25, -0.2) is 4.39 Å². The predicted molar refractivity (Wildman–Crippen MR) is 106 cm³/mol. The van der Waals surface area contributed by atoms with E-state index in [1.54, 1.807) is 12.1 Å². The normalized spacial score (nSPS) is 17.8. The summed E-state index contributed by atoms with van der Waals surface area (Å²) in [5.41, 5.74) is -0.984. The number of hydrogen-bond acceptors (Lipinski definition) is 7. The molecule has 1 aromatic heterocycles. The second-order valence-electron chi connectivity index (χ2n) is 6.97. The summed E-state index contributed by atoms with van der Waals surface area (Å²) < 4.78 is 20.1. The Kier molecular flexibility index (Phi) is 6.23. The molecular formula is C20H19FN4O6. The zero-order valence-electron chi connectivity index (χ0n) is 16.7. The number of nitrogens with one attached hydrogen (secondary N) is 1. The molecule has 0 bridgehead atoms. The topological polar surface area (TPSA) is 132 Å². The molecule has 31 heavy (non-hydrogen) atoms. The highest BCUT2D eigenvalue weighted by Gasteiger charge is 2.39. The number of benzene rings is 1. The van der Waals surface area contributed by atoms with Crippen LogP contribution in [-0.2, 0) is 14.3 Å². The first-order valence-electron chi connectivity index (χ1n) is 9.32. The van der Waals surface area contributed by atoms with Crippen molar-refractivity contribution in [3.63, 3.8) is 0 Å². The van der Waals surface area contributed by atoms with E-state index in [1.165, 1.54) is 31.0 Å². The molecule has 3 rings (SSSR count). The molecule has 0 unspecified atom stereocenters. The lowest BCUT2D eigenvalue weighted by Crippen LogP contribution is -2.30. The fourth-order valence-electron chi connectivity index (χ4n) is 3.53. The molecule has 1 fully saturated rings. The van der Waals surface area contributed by atoms with Gasteiger partial charge in [0.05, 0.1) is 17.5 Å². The third kappa shape index (κ3) is 4.82. The first-order valence-corrected chi connectivity index (χ1v) is 9.32. The minimum Gasteiger partial charge on any atom is -0.461 e. The molecular weight excluding hydrogens is 411 g/mol. The zero-order chi connectivity index (χ0) is 22.7. The SMILES string of the molecule is CC(=O)O[C@H]1C[C@H](c2cc([N+](=O)[O-])c(NC(=O)c3ccccn3)cc2F)N(C(C)=O)C1. The lowest BCUT2D eigenvalue weighted by molar-refractivity contribution is -0.384. The summed E-state index contributed by atoms with van der Waals surface area (Å²) in [4.78, 5) is 51.6. The van der Waals surface area contributed by atoms with E-state index in [1.807, 2.05) is 0 Å². The van der Waals surface area contributed by atoms with E-state index < -0.39 is 46.4 Å². The van der Waals surface area contributed by atoms with Crippen LogP contribution in [0.15, 0.2) is 36.5 Å². The highest BCUT2D eigenvalue weighted by atomic mass is 19.1. The molecule has 0 spiro atoms. The summed E-state index contributed by atoms with van der Waals surface area (Å²) in [6, 6.07) is 5.53. The van der Waals surface area contributed by atoms with Crippen LogP contribution in [0.1, 0.15) is 42.4 Å². The molecule has 1 aromatic carbocycles. The summed E-state index contributed by atoms with van der Waals surface area (Å²) in [5.74, 6) is -2.53. The Hall–Kier alpha value is -3.89. The van der Waals surface area contributed by atoms with Gasteiger partial charge in [0.15, 0.2) is 0 Å². The van der Waals surface area contributed by atoms with Gasteiger partial charge in [0, 0.05) is 44.2 Å². The number of nitro benzene ring substituents is 1. The number of carbonyl (C=O) groups excluding carboxylic acids is 3. The number of likely N-dealkylation sites (tertiary alicyclic amines) is 1. The van der Waals surface area contributed by atoms with E-state index in [4.69, 9.17) is 4.74 Å². The lowest BCUT2D eigenvalue weighted by Gasteiger charge is -2.23. The Morgan fingerprint density at radius 2 is 2.03 bits per heavy atom. The van der Waals surface area contributed by atoms with Crippen molar-refractivity contribution in [1.29, 1.82) is 0 Å². The zero-order valence-corrected chi connectivity index (χ0v) is 16.7. The van der Waals surface area contributed by atoms with Gasteiger partial charge in [0.2, 0.25) is 5.91 Å². The molecule has 1 saturated heterocycles. The Morgan fingerprint density at radius 3 is 2.61 bits per heavy atom. The van der Waals surface area contributed by atoms with Crippen LogP contribution in [0.3, 0.4) is 0 Å². The fourth-order valence-corrected chi connectivity index (χ4v) is 3.53. The number of nitro groups is 1. The number of anilines is 1. The summed E-state index contributed by atoms with van der Waals surface area (Å²) in [7, 11) is 0. The minimum absolute atomic E-state index is 0.00375. The number of esters is 1. The Bertz CT molecular complexity index is 1050. The molecule has 11 heteroatoms. The molecule has 0 radical (unpaired) electrons. The molecule has 10 nitrogen and oxygen atoms in total. The maximum Gasteiger partial charge on any atom is 0.302 e. The number of pyridine rings is 1. The van der Waals surface area contributed by atoms with Gasteiger partial charge in [-0.1, -0.05) is 6.07 Å².